The van der Waals surface area contributed by atoms with Crippen LogP contribution >= 0.6 is 0 Å². The lowest BCUT2D eigenvalue weighted by Gasteiger charge is -2.15. The van der Waals surface area contributed by atoms with Crippen molar-refractivity contribution in [1.29, 1.82) is 0 Å². The third-order valence-electron chi connectivity index (χ3n) is 4.68. The van der Waals surface area contributed by atoms with Gasteiger partial charge in [0.25, 0.3) is 5.91 Å². The van der Waals surface area contributed by atoms with Crippen LogP contribution in [0.1, 0.15) is 34.6 Å². The number of para-hydroxylation sites is 2. The number of carbonyl (C=O) groups is 1. The molecular formula is C20H21N3O. The van der Waals surface area contributed by atoms with Gasteiger partial charge in [-0.1, -0.05) is 24.3 Å². The second kappa shape index (κ2) is 6.48. The first-order valence-electron chi connectivity index (χ1n) is 8.61. The molecule has 1 fully saturated rings. The number of fused-ring (bicyclic) bond motifs is 1. The van der Waals surface area contributed by atoms with Gasteiger partial charge in [0.05, 0.1) is 11.0 Å². The third-order valence-corrected chi connectivity index (χ3v) is 4.68. The molecular weight excluding hydrogens is 298 g/mol. The summed E-state index contributed by atoms with van der Waals surface area (Å²) >= 11 is 0. The molecule has 4 heteroatoms. The Morgan fingerprint density at radius 1 is 1.00 bits per heavy atom. The molecule has 0 radical (unpaired) electrons. The summed E-state index contributed by atoms with van der Waals surface area (Å²) in [6.07, 6.45) is 4.04. The van der Waals surface area contributed by atoms with Crippen molar-refractivity contribution in [2.45, 2.75) is 25.7 Å². The molecule has 2 aromatic carbocycles. The van der Waals surface area contributed by atoms with E-state index in [1.165, 1.54) is 5.56 Å². The van der Waals surface area contributed by atoms with Gasteiger partial charge in [0, 0.05) is 25.1 Å². The number of hydrogen-bond donors (Lipinski definition) is 1. The van der Waals surface area contributed by atoms with Crippen LogP contribution in [0.3, 0.4) is 0 Å². The molecule has 1 aliphatic rings. The van der Waals surface area contributed by atoms with E-state index in [0.717, 1.165) is 61.2 Å². The smallest absolute Gasteiger partial charge is 0.253 e. The Hall–Kier alpha value is -2.62. The van der Waals surface area contributed by atoms with E-state index in [2.05, 4.69) is 22.1 Å². The van der Waals surface area contributed by atoms with E-state index in [-0.39, 0.29) is 5.91 Å². The van der Waals surface area contributed by atoms with Gasteiger partial charge in [-0.05, 0) is 49.1 Å². The standard InChI is InChI=1S/C20H21N3O/c24-20(23-13-3-4-14-23)16-10-7-15(8-11-16)9-12-19-21-17-5-1-2-6-18(17)22-19/h1-2,5-8,10-11H,3-4,9,12-14H2,(H,21,22). The molecule has 0 unspecified atom stereocenters. The lowest BCUT2D eigenvalue weighted by molar-refractivity contribution is 0.0793. The highest BCUT2D eigenvalue weighted by molar-refractivity contribution is 5.94. The molecule has 4 nitrogen and oxygen atoms in total. The van der Waals surface area contributed by atoms with Gasteiger partial charge >= 0.3 is 0 Å². The number of aromatic nitrogens is 2. The van der Waals surface area contributed by atoms with Gasteiger partial charge < -0.3 is 9.88 Å². The highest BCUT2D eigenvalue weighted by Gasteiger charge is 2.19. The Balaban J connectivity index is 1.40. The minimum Gasteiger partial charge on any atom is -0.342 e. The average Bonchev–Trinajstić information content (AvgIpc) is 3.29. The molecule has 2 heterocycles. The predicted octanol–water partition coefficient (Wildman–Crippen LogP) is 3.58. The number of nitrogens with zero attached hydrogens (tertiary/aromatic N) is 2. The van der Waals surface area contributed by atoms with Gasteiger partial charge in [0.15, 0.2) is 0 Å². The fourth-order valence-corrected chi connectivity index (χ4v) is 3.30. The summed E-state index contributed by atoms with van der Waals surface area (Å²) in [5.41, 5.74) is 4.12. The summed E-state index contributed by atoms with van der Waals surface area (Å²) < 4.78 is 0. The monoisotopic (exact) mass is 319 g/mol. The maximum absolute atomic E-state index is 12.3. The molecule has 4 rings (SSSR count). The summed E-state index contributed by atoms with van der Waals surface area (Å²) in [7, 11) is 0. The Bertz CT molecular complexity index is 812. The molecule has 3 aromatic rings. The molecule has 0 saturated carbocycles. The maximum atomic E-state index is 12.3. The average molecular weight is 319 g/mol. The molecule has 0 atom stereocenters. The lowest BCUT2D eigenvalue weighted by Crippen LogP contribution is -2.27. The molecule has 0 bridgehead atoms. The summed E-state index contributed by atoms with van der Waals surface area (Å²) in [6, 6.07) is 16.1. The first-order valence-corrected chi connectivity index (χ1v) is 8.61. The molecule has 1 amide bonds. The maximum Gasteiger partial charge on any atom is 0.253 e. The van der Waals surface area contributed by atoms with Crippen molar-refractivity contribution in [3.63, 3.8) is 0 Å². The molecule has 1 aromatic heterocycles. The first-order chi connectivity index (χ1) is 11.8. The minimum atomic E-state index is 0.163. The van der Waals surface area contributed by atoms with E-state index in [4.69, 9.17) is 0 Å². The second-order valence-electron chi connectivity index (χ2n) is 6.40. The van der Waals surface area contributed by atoms with Crippen molar-refractivity contribution in [2.75, 3.05) is 13.1 Å². The zero-order chi connectivity index (χ0) is 16.4. The predicted molar refractivity (Wildman–Crippen MR) is 95.1 cm³/mol. The van der Waals surface area contributed by atoms with Crippen LogP contribution in [0.25, 0.3) is 11.0 Å². The van der Waals surface area contributed by atoms with Gasteiger partial charge in [-0.15, -0.1) is 0 Å². The number of H-pyrrole nitrogens is 1. The number of benzene rings is 2. The van der Waals surface area contributed by atoms with Crippen molar-refractivity contribution < 1.29 is 4.79 Å². The molecule has 0 spiro atoms. The number of amides is 1. The van der Waals surface area contributed by atoms with Crippen LogP contribution < -0.4 is 0 Å². The molecule has 122 valence electrons. The largest absolute Gasteiger partial charge is 0.342 e. The van der Waals surface area contributed by atoms with Crippen LogP contribution in [0.4, 0.5) is 0 Å². The lowest BCUT2D eigenvalue weighted by atomic mass is 10.1. The van der Waals surface area contributed by atoms with Crippen LogP contribution in [0.2, 0.25) is 0 Å². The molecule has 1 aliphatic heterocycles. The Labute approximate surface area is 141 Å². The van der Waals surface area contributed by atoms with E-state index in [1.54, 1.807) is 0 Å². The Kier molecular flexibility index (Phi) is 4.03. The van der Waals surface area contributed by atoms with E-state index in [1.807, 2.05) is 41.3 Å². The molecule has 24 heavy (non-hydrogen) atoms. The zero-order valence-corrected chi connectivity index (χ0v) is 13.7. The van der Waals surface area contributed by atoms with Gasteiger partial charge in [0.2, 0.25) is 0 Å². The number of carbonyl (C=O) groups excluding carboxylic acids is 1. The number of rotatable bonds is 4. The Morgan fingerprint density at radius 3 is 2.50 bits per heavy atom. The van der Waals surface area contributed by atoms with Gasteiger partial charge in [0.1, 0.15) is 5.82 Å². The van der Waals surface area contributed by atoms with E-state index >= 15 is 0 Å². The number of likely N-dealkylation sites (tertiary alicyclic amines) is 1. The van der Waals surface area contributed by atoms with E-state index < -0.39 is 0 Å². The van der Waals surface area contributed by atoms with Crippen LogP contribution in [-0.2, 0) is 12.8 Å². The van der Waals surface area contributed by atoms with Crippen molar-refractivity contribution in [3.8, 4) is 0 Å². The Morgan fingerprint density at radius 2 is 1.75 bits per heavy atom. The SMILES string of the molecule is O=C(c1ccc(CCc2nc3ccccc3[nH]2)cc1)N1CCCC1. The minimum absolute atomic E-state index is 0.163. The van der Waals surface area contributed by atoms with Gasteiger partial charge in [-0.3, -0.25) is 4.79 Å². The number of aromatic amines is 1. The second-order valence-corrected chi connectivity index (χ2v) is 6.40. The van der Waals surface area contributed by atoms with Gasteiger partial charge in [-0.25, -0.2) is 4.98 Å². The number of hydrogen-bond acceptors (Lipinski definition) is 2. The highest BCUT2D eigenvalue weighted by Crippen LogP contribution is 2.15. The third kappa shape index (κ3) is 3.04. The van der Waals surface area contributed by atoms with Crippen LogP contribution in [-0.4, -0.2) is 33.9 Å². The fourth-order valence-electron chi connectivity index (χ4n) is 3.30. The molecule has 1 N–H and O–H groups in total. The summed E-state index contributed by atoms with van der Waals surface area (Å²) in [5, 5.41) is 0. The van der Waals surface area contributed by atoms with Crippen LogP contribution in [0.5, 0.6) is 0 Å². The van der Waals surface area contributed by atoms with Crippen LogP contribution in [0.15, 0.2) is 48.5 Å². The number of aryl methyl sites for hydroxylation is 2. The van der Waals surface area contributed by atoms with Crippen molar-refractivity contribution in [1.82, 2.24) is 14.9 Å². The number of nitrogens with one attached hydrogen (secondary N) is 1. The molecule has 0 aliphatic carbocycles. The summed E-state index contributed by atoms with van der Waals surface area (Å²) in [4.78, 5) is 22.3. The highest BCUT2D eigenvalue weighted by atomic mass is 16.2. The van der Waals surface area contributed by atoms with Crippen molar-refractivity contribution in [2.24, 2.45) is 0 Å². The van der Waals surface area contributed by atoms with E-state index in [0.29, 0.717) is 0 Å². The number of imidazole rings is 1. The van der Waals surface area contributed by atoms with Gasteiger partial charge in [-0.2, -0.15) is 0 Å². The van der Waals surface area contributed by atoms with Crippen molar-refractivity contribution >= 4 is 16.9 Å². The first kappa shape index (κ1) is 14.9. The molecule has 1 saturated heterocycles. The summed E-state index contributed by atoms with van der Waals surface area (Å²) in [5.74, 6) is 1.17. The van der Waals surface area contributed by atoms with E-state index in [9.17, 15) is 4.79 Å². The zero-order valence-electron chi connectivity index (χ0n) is 13.7. The topological polar surface area (TPSA) is 49.0 Å². The van der Waals surface area contributed by atoms with Crippen molar-refractivity contribution in [3.05, 3.63) is 65.5 Å². The summed E-state index contributed by atoms with van der Waals surface area (Å²) in [6.45, 7) is 1.79. The van der Waals surface area contributed by atoms with Crippen LogP contribution in [0, 0.1) is 0 Å². The normalized spacial score (nSPS) is 14.4. The fraction of sp³-hybridized carbons (Fsp3) is 0.300. The quantitative estimate of drug-likeness (QED) is 0.799.